The minimum atomic E-state index is -0.0911. The molecule has 0 saturated carbocycles. The van der Waals surface area contributed by atoms with Gasteiger partial charge in [0.05, 0.1) is 5.69 Å². The van der Waals surface area contributed by atoms with Crippen LogP contribution in [0, 0.1) is 6.92 Å². The molecule has 0 aliphatic carbocycles. The molecule has 1 aliphatic rings. The molecule has 1 fully saturated rings. The van der Waals surface area contributed by atoms with Crippen LogP contribution in [-0.4, -0.2) is 61.9 Å². The topological polar surface area (TPSA) is 67.2 Å². The van der Waals surface area contributed by atoms with Gasteiger partial charge in [0.1, 0.15) is 5.69 Å². The zero-order chi connectivity index (χ0) is 22.6. The number of hydrogen-bond acceptors (Lipinski definition) is 5. The van der Waals surface area contributed by atoms with Crippen LogP contribution < -0.4 is 0 Å². The van der Waals surface area contributed by atoms with Gasteiger partial charge in [-0.15, -0.1) is 5.10 Å². The highest BCUT2D eigenvalue weighted by atomic mass is 16.2. The molecule has 0 bridgehead atoms. The summed E-state index contributed by atoms with van der Waals surface area (Å²) >= 11 is 0. The Morgan fingerprint density at radius 2 is 1.67 bits per heavy atom. The van der Waals surface area contributed by atoms with E-state index in [2.05, 4.69) is 44.5 Å². The van der Waals surface area contributed by atoms with Crippen LogP contribution in [0.4, 0.5) is 0 Å². The summed E-state index contributed by atoms with van der Waals surface area (Å²) in [6.45, 7) is 5.92. The zero-order valence-electron chi connectivity index (χ0n) is 18.6. The molecule has 7 nitrogen and oxygen atoms in total. The predicted octanol–water partition coefficient (Wildman–Crippen LogP) is 3.60. The summed E-state index contributed by atoms with van der Waals surface area (Å²) < 4.78 is 1.73. The highest BCUT2D eigenvalue weighted by Crippen LogP contribution is 2.26. The number of carbonyl (C=O) groups is 1. The molecule has 2 aromatic heterocycles. The van der Waals surface area contributed by atoms with Gasteiger partial charge >= 0.3 is 0 Å². The summed E-state index contributed by atoms with van der Waals surface area (Å²) in [5, 5.41) is 8.69. The Bertz CT molecular complexity index is 1210. The molecular formula is C26H26N6O. The molecule has 0 N–H and O–H groups in total. The van der Waals surface area contributed by atoms with Crippen molar-refractivity contribution in [2.75, 3.05) is 26.2 Å². The van der Waals surface area contributed by atoms with Crippen LogP contribution in [0.15, 0.2) is 79.1 Å². The van der Waals surface area contributed by atoms with E-state index in [-0.39, 0.29) is 5.91 Å². The highest BCUT2D eigenvalue weighted by molar-refractivity contribution is 5.98. The fraction of sp³-hybridized carbons (Fsp3) is 0.231. The number of hydrogen-bond donors (Lipinski definition) is 0. The van der Waals surface area contributed by atoms with Crippen LogP contribution in [0.25, 0.3) is 16.9 Å². The first kappa shape index (κ1) is 21.0. The quantitative estimate of drug-likeness (QED) is 0.476. The van der Waals surface area contributed by atoms with Gasteiger partial charge in [0, 0.05) is 50.7 Å². The van der Waals surface area contributed by atoms with Crippen LogP contribution in [0.1, 0.15) is 21.6 Å². The largest absolute Gasteiger partial charge is 0.335 e. The Morgan fingerprint density at radius 1 is 0.909 bits per heavy atom. The molecule has 0 atom stereocenters. The number of carbonyl (C=O) groups excluding carboxylic acids is 1. The minimum absolute atomic E-state index is 0.0911. The van der Waals surface area contributed by atoms with Crippen molar-refractivity contribution in [1.82, 2.24) is 29.8 Å². The molecule has 166 valence electrons. The second-order valence-corrected chi connectivity index (χ2v) is 8.33. The number of pyridine rings is 1. The average molecular weight is 439 g/mol. The van der Waals surface area contributed by atoms with Crippen LogP contribution in [-0.2, 0) is 6.54 Å². The number of nitrogens with zero attached hydrogens (tertiary/aromatic N) is 6. The van der Waals surface area contributed by atoms with Crippen molar-refractivity contribution in [3.63, 3.8) is 0 Å². The third-order valence-electron chi connectivity index (χ3n) is 5.99. The monoisotopic (exact) mass is 438 g/mol. The number of aryl methyl sites for hydroxylation is 1. The van der Waals surface area contributed by atoms with E-state index < -0.39 is 0 Å². The first-order chi connectivity index (χ1) is 16.2. The van der Waals surface area contributed by atoms with Gasteiger partial charge in [0.15, 0.2) is 5.69 Å². The number of piperazine rings is 1. The van der Waals surface area contributed by atoms with Crippen molar-refractivity contribution >= 4 is 5.91 Å². The SMILES string of the molecule is Cc1ccc(-n2nnc(C(=O)N3CCN(Cc4ccccc4)CC3)c2-c2cccnc2)cc1. The predicted molar refractivity (Wildman–Crippen MR) is 127 cm³/mol. The van der Waals surface area contributed by atoms with E-state index in [9.17, 15) is 4.79 Å². The number of aromatic nitrogens is 4. The maximum Gasteiger partial charge on any atom is 0.276 e. The number of amides is 1. The molecule has 7 heteroatoms. The molecule has 3 heterocycles. The van der Waals surface area contributed by atoms with E-state index in [4.69, 9.17) is 0 Å². The zero-order valence-corrected chi connectivity index (χ0v) is 18.6. The normalized spacial score (nSPS) is 14.4. The molecule has 1 saturated heterocycles. The van der Waals surface area contributed by atoms with Crippen molar-refractivity contribution in [1.29, 1.82) is 0 Å². The van der Waals surface area contributed by atoms with E-state index >= 15 is 0 Å². The molecule has 2 aromatic carbocycles. The van der Waals surface area contributed by atoms with Crippen LogP contribution in [0.2, 0.25) is 0 Å². The molecule has 0 unspecified atom stereocenters. The summed E-state index contributed by atoms with van der Waals surface area (Å²) in [6.07, 6.45) is 3.47. The van der Waals surface area contributed by atoms with Crippen molar-refractivity contribution in [3.05, 3.63) is 95.9 Å². The summed E-state index contributed by atoms with van der Waals surface area (Å²) in [6, 6.07) is 22.3. The second-order valence-electron chi connectivity index (χ2n) is 8.33. The summed E-state index contributed by atoms with van der Waals surface area (Å²) in [7, 11) is 0. The third kappa shape index (κ3) is 4.54. The van der Waals surface area contributed by atoms with Gasteiger partial charge in [0.25, 0.3) is 5.91 Å². The third-order valence-corrected chi connectivity index (χ3v) is 5.99. The van der Waals surface area contributed by atoms with Crippen LogP contribution in [0.5, 0.6) is 0 Å². The van der Waals surface area contributed by atoms with Crippen LogP contribution >= 0.6 is 0 Å². The van der Waals surface area contributed by atoms with Crippen molar-refractivity contribution < 1.29 is 4.79 Å². The van der Waals surface area contributed by atoms with Gasteiger partial charge < -0.3 is 4.90 Å². The lowest BCUT2D eigenvalue weighted by Crippen LogP contribution is -2.48. The standard InChI is InChI=1S/C26H26N6O/c1-20-9-11-23(12-10-20)32-25(22-8-5-13-27-18-22)24(28-29-32)26(33)31-16-14-30(15-17-31)19-21-6-3-2-4-7-21/h2-13,18H,14-17,19H2,1H3. The summed E-state index contributed by atoms with van der Waals surface area (Å²) in [5.41, 5.74) is 5.15. The first-order valence-electron chi connectivity index (χ1n) is 11.2. The van der Waals surface area contributed by atoms with Gasteiger partial charge in [0.2, 0.25) is 0 Å². The van der Waals surface area contributed by atoms with Gasteiger partial charge in [-0.3, -0.25) is 14.7 Å². The highest BCUT2D eigenvalue weighted by Gasteiger charge is 2.28. The van der Waals surface area contributed by atoms with Gasteiger partial charge in [-0.2, -0.15) is 0 Å². The lowest BCUT2D eigenvalue weighted by atomic mass is 10.1. The Morgan fingerprint density at radius 3 is 2.36 bits per heavy atom. The average Bonchev–Trinajstić information content (AvgIpc) is 3.31. The molecular weight excluding hydrogens is 412 g/mol. The van der Waals surface area contributed by atoms with Gasteiger partial charge in [-0.25, -0.2) is 4.68 Å². The Kier molecular flexibility index (Phi) is 5.95. The number of benzene rings is 2. The Hall–Kier alpha value is -3.84. The molecule has 0 spiro atoms. The van der Waals surface area contributed by atoms with E-state index in [1.54, 1.807) is 17.1 Å². The van der Waals surface area contributed by atoms with E-state index in [0.29, 0.717) is 24.5 Å². The van der Waals surface area contributed by atoms with E-state index in [1.807, 2.05) is 54.3 Å². The van der Waals surface area contributed by atoms with Crippen molar-refractivity contribution in [2.45, 2.75) is 13.5 Å². The summed E-state index contributed by atoms with van der Waals surface area (Å²) in [4.78, 5) is 22.0. The molecule has 33 heavy (non-hydrogen) atoms. The Balaban J connectivity index is 1.39. The van der Waals surface area contributed by atoms with Crippen molar-refractivity contribution in [2.24, 2.45) is 0 Å². The van der Waals surface area contributed by atoms with Crippen molar-refractivity contribution in [3.8, 4) is 16.9 Å². The van der Waals surface area contributed by atoms with Gasteiger partial charge in [-0.05, 0) is 36.8 Å². The summed E-state index contributed by atoms with van der Waals surface area (Å²) in [5.74, 6) is -0.0911. The van der Waals surface area contributed by atoms with Crippen LogP contribution in [0.3, 0.4) is 0 Å². The van der Waals surface area contributed by atoms with E-state index in [1.165, 1.54) is 5.56 Å². The van der Waals surface area contributed by atoms with E-state index in [0.717, 1.165) is 36.4 Å². The first-order valence-corrected chi connectivity index (χ1v) is 11.2. The van der Waals surface area contributed by atoms with Gasteiger partial charge in [-0.1, -0.05) is 53.2 Å². The second kappa shape index (κ2) is 9.34. The maximum absolute atomic E-state index is 13.5. The molecule has 5 rings (SSSR count). The lowest BCUT2D eigenvalue weighted by molar-refractivity contribution is 0.0623. The molecule has 1 aliphatic heterocycles. The Labute approximate surface area is 193 Å². The smallest absolute Gasteiger partial charge is 0.276 e. The molecule has 4 aromatic rings. The molecule has 0 radical (unpaired) electrons. The fourth-order valence-corrected chi connectivity index (χ4v) is 4.15. The molecule has 1 amide bonds. The maximum atomic E-state index is 13.5. The number of rotatable bonds is 5. The minimum Gasteiger partial charge on any atom is -0.335 e. The fourth-order valence-electron chi connectivity index (χ4n) is 4.15. The lowest BCUT2D eigenvalue weighted by Gasteiger charge is -2.34.